The Morgan fingerprint density at radius 2 is 2.12 bits per heavy atom. The molecule has 1 aromatic heterocycles. The highest BCUT2D eigenvalue weighted by Crippen LogP contribution is 2.30. The average Bonchev–Trinajstić information content (AvgIpc) is 2.78. The third-order valence-electron chi connectivity index (χ3n) is 3.68. The number of hydrogen-bond donors (Lipinski definition) is 2. The number of hydrogen-bond acceptors (Lipinski definition) is 3. The van der Waals surface area contributed by atoms with Crippen LogP contribution in [0.3, 0.4) is 0 Å². The number of nitrogens with two attached hydrogens (primary N) is 1. The Balaban J connectivity index is 2.05. The molecule has 1 aliphatic carbocycles. The van der Waals surface area contributed by atoms with Gasteiger partial charge in [0.05, 0.1) is 5.69 Å². The van der Waals surface area contributed by atoms with Crippen LogP contribution in [0.15, 0.2) is 12.3 Å². The number of rotatable bonds is 3. The van der Waals surface area contributed by atoms with Gasteiger partial charge in [-0.3, -0.25) is 0 Å². The molecule has 16 heavy (non-hydrogen) atoms. The van der Waals surface area contributed by atoms with Crippen molar-refractivity contribution in [3.8, 4) is 0 Å². The van der Waals surface area contributed by atoms with E-state index in [1.54, 1.807) is 0 Å². The molecule has 1 saturated carbocycles. The fraction of sp³-hybridized carbons (Fsp3) is 0.615. The zero-order chi connectivity index (χ0) is 11.5. The second kappa shape index (κ2) is 4.73. The van der Waals surface area contributed by atoms with Gasteiger partial charge in [-0.1, -0.05) is 12.8 Å². The molecule has 3 N–H and O–H groups in total. The van der Waals surface area contributed by atoms with E-state index in [1.165, 1.54) is 25.7 Å². The van der Waals surface area contributed by atoms with Crippen molar-refractivity contribution in [3.63, 3.8) is 0 Å². The number of aryl methyl sites for hydroxylation is 1. The number of nitrogens with one attached hydrogen (secondary N) is 1. The smallest absolute Gasteiger partial charge is 0.149 e. The van der Waals surface area contributed by atoms with E-state index in [9.17, 15) is 0 Å². The van der Waals surface area contributed by atoms with E-state index in [0.717, 1.165) is 23.0 Å². The number of anilines is 2. The highest BCUT2D eigenvalue weighted by Gasteiger charge is 2.22. The molecule has 1 aliphatic rings. The van der Waals surface area contributed by atoms with Gasteiger partial charge in [0.1, 0.15) is 5.82 Å². The molecule has 2 rings (SSSR count). The van der Waals surface area contributed by atoms with E-state index in [1.807, 2.05) is 19.2 Å². The molecule has 88 valence electrons. The van der Waals surface area contributed by atoms with Crippen molar-refractivity contribution in [2.24, 2.45) is 5.92 Å². The van der Waals surface area contributed by atoms with E-state index in [4.69, 9.17) is 5.73 Å². The van der Waals surface area contributed by atoms with Gasteiger partial charge in [-0.15, -0.1) is 0 Å². The topological polar surface area (TPSA) is 50.9 Å². The van der Waals surface area contributed by atoms with E-state index >= 15 is 0 Å². The number of aromatic nitrogens is 1. The minimum Gasteiger partial charge on any atom is -0.396 e. The van der Waals surface area contributed by atoms with Crippen LogP contribution in [0.4, 0.5) is 11.5 Å². The summed E-state index contributed by atoms with van der Waals surface area (Å²) < 4.78 is 0. The zero-order valence-electron chi connectivity index (χ0n) is 10.2. The average molecular weight is 219 g/mol. The molecule has 1 unspecified atom stereocenters. The van der Waals surface area contributed by atoms with Crippen LogP contribution in [-0.4, -0.2) is 11.0 Å². The molecule has 0 aromatic carbocycles. The second-order valence-corrected chi connectivity index (χ2v) is 4.87. The summed E-state index contributed by atoms with van der Waals surface area (Å²) >= 11 is 0. The highest BCUT2D eigenvalue weighted by atomic mass is 15.0. The van der Waals surface area contributed by atoms with Crippen LogP contribution in [0.25, 0.3) is 0 Å². The molecule has 1 fully saturated rings. The quantitative estimate of drug-likeness (QED) is 0.821. The first-order valence-corrected chi connectivity index (χ1v) is 6.16. The van der Waals surface area contributed by atoms with Crippen LogP contribution < -0.4 is 11.1 Å². The summed E-state index contributed by atoms with van der Waals surface area (Å²) in [5.74, 6) is 1.63. The molecule has 1 atom stereocenters. The van der Waals surface area contributed by atoms with E-state index in [-0.39, 0.29) is 0 Å². The van der Waals surface area contributed by atoms with Gasteiger partial charge in [0, 0.05) is 12.2 Å². The maximum Gasteiger partial charge on any atom is 0.149 e. The second-order valence-electron chi connectivity index (χ2n) is 4.87. The first-order chi connectivity index (χ1) is 7.68. The Morgan fingerprint density at radius 3 is 2.81 bits per heavy atom. The van der Waals surface area contributed by atoms with Gasteiger partial charge in [-0.2, -0.15) is 0 Å². The molecular formula is C13H21N3. The summed E-state index contributed by atoms with van der Waals surface area (Å²) in [5.41, 5.74) is 7.88. The Bertz CT molecular complexity index is 356. The Labute approximate surface area is 97.5 Å². The number of nitrogen functional groups attached to an aromatic ring is 1. The number of pyridine rings is 1. The molecular weight excluding hydrogens is 198 g/mol. The molecule has 3 heteroatoms. The lowest BCUT2D eigenvalue weighted by molar-refractivity contribution is 0.481. The summed E-state index contributed by atoms with van der Waals surface area (Å²) in [5, 5.41) is 3.46. The van der Waals surface area contributed by atoms with Crippen LogP contribution in [0.5, 0.6) is 0 Å². The van der Waals surface area contributed by atoms with Gasteiger partial charge in [0.2, 0.25) is 0 Å². The van der Waals surface area contributed by atoms with Gasteiger partial charge in [0.15, 0.2) is 0 Å². The molecule has 0 radical (unpaired) electrons. The lowest BCUT2D eigenvalue weighted by Gasteiger charge is -2.22. The van der Waals surface area contributed by atoms with Crippen molar-refractivity contribution >= 4 is 11.5 Å². The predicted molar refractivity (Wildman–Crippen MR) is 68.4 cm³/mol. The first-order valence-electron chi connectivity index (χ1n) is 6.16. The minimum atomic E-state index is 0.471. The maximum atomic E-state index is 6.00. The highest BCUT2D eigenvalue weighted by molar-refractivity contribution is 5.65. The Hall–Kier alpha value is -1.25. The molecule has 3 nitrogen and oxygen atoms in total. The fourth-order valence-corrected chi connectivity index (χ4v) is 2.48. The van der Waals surface area contributed by atoms with Crippen LogP contribution in [0.1, 0.15) is 38.2 Å². The lowest BCUT2D eigenvalue weighted by atomic mass is 10.00. The van der Waals surface area contributed by atoms with Crippen LogP contribution in [-0.2, 0) is 0 Å². The molecule has 0 saturated heterocycles. The van der Waals surface area contributed by atoms with Crippen LogP contribution in [0, 0.1) is 12.8 Å². The van der Waals surface area contributed by atoms with Gasteiger partial charge in [-0.05, 0) is 44.2 Å². The van der Waals surface area contributed by atoms with Gasteiger partial charge in [0.25, 0.3) is 0 Å². The van der Waals surface area contributed by atoms with Gasteiger partial charge in [-0.25, -0.2) is 4.98 Å². The number of nitrogens with zero attached hydrogens (tertiary/aromatic N) is 1. The summed E-state index contributed by atoms with van der Waals surface area (Å²) in [6, 6.07) is 2.42. The largest absolute Gasteiger partial charge is 0.396 e. The Morgan fingerprint density at radius 1 is 1.44 bits per heavy atom. The summed E-state index contributed by atoms with van der Waals surface area (Å²) in [6.07, 6.45) is 7.22. The van der Waals surface area contributed by atoms with Crippen molar-refractivity contribution < 1.29 is 0 Å². The monoisotopic (exact) mass is 219 g/mol. The zero-order valence-corrected chi connectivity index (χ0v) is 10.2. The van der Waals surface area contributed by atoms with Gasteiger partial charge >= 0.3 is 0 Å². The van der Waals surface area contributed by atoms with Crippen LogP contribution in [0.2, 0.25) is 0 Å². The normalized spacial score (nSPS) is 18.6. The molecule has 0 bridgehead atoms. The van der Waals surface area contributed by atoms with E-state index < -0.39 is 0 Å². The fourth-order valence-electron chi connectivity index (χ4n) is 2.48. The van der Waals surface area contributed by atoms with Gasteiger partial charge < -0.3 is 11.1 Å². The first kappa shape index (κ1) is 11.2. The third-order valence-corrected chi connectivity index (χ3v) is 3.68. The van der Waals surface area contributed by atoms with Crippen molar-refractivity contribution in [2.45, 2.75) is 45.6 Å². The van der Waals surface area contributed by atoms with Crippen LogP contribution >= 0.6 is 0 Å². The summed E-state index contributed by atoms with van der Waals surface area (Å²) in [4.78, 5) is 4.31. The molecule has 0 amide bonds. The lowest BCUT2D eigenvalue weighted by Crippen LogP contribution is -2.25. The molecule has 1 aromatic rings. The SMILES string of the molecule is Cc1ccnc(NC(C)C2CCCC2)c1N. The van der Waals surface area contributed by atoms with E-state index in [0.29, 0.717) is 6.04 Å². The summed E-state index contributed by atoms with van der Waals surface area (Å²) in [7, 11) is 0. The molecule has 0 aliphatic heterocycles. The third kappa shape index (κ3) is 2.29. The minimum absolute atomic E-state index is 0.471. The van der Waals surface area contributed by atoms with E-state index in [2.05, 4.69) is 17.2 Å². The van der Waals surface area contributed by atoms with Crippen molar-refractivity contribution in [1.29, 1.82) is 0 Å². The predicted octanol–water partition coefficient (Wildman–Crippen LogP) is 2.96. The standard InChI is InChI=1S/C13H21N3/c1-9-7-8-15-13(12(9)14)16-10(2)11-5-3-4-6-11/h7-8,10-11H,3-6,14H2,1-2H3,(H,15,16). The molecule has 1 heterocycles. The summed E-state index contributed by atoms with van der Waals surface area (Å²) in [6.45, 7) is 4.25. The molecule has 0 spiro atoms. The Kier molecular flexibility index (Phi) is 3.32. The van der Waals surface area contributed by atoms with Crippen molar-refractivity contribution in [3.05, 3.63) is 17.8 Å². The van der Waals surface area contributed by atoms with Crippen molar-refractivity contribution in [1.82, 2.24) is 4.98 Å². The maximum absolute atomic E-state index is 6.00. The van der Waals surface area contributed by atoms with Crippen molar-refractivity contribution in [2.75, 3.05) is 11.1 Å².